The number of benzene rings is 1. The van der Waals surface area contributed by atoms with Gasteiger partial charge in [-0.25, -0.2) is 0 Å². The predicted octanol–water partition coefficient (Wildman–Crippen LogP) is 2.80. The fourth-order valence-corrected chi connectivity index (χ4v) is 2.71. The number of halogens is 2. The molecule has 1 aromatic heterocycles. The van der Waals surface area contributed by atoms with Crippen LogP contribution in [0.2, 0.25) is 10.0 Å². The third kappa shape index (κ3) is 2.72. The molecule has 2 rings (SSSR count). The molecule has 0 spiro atoms. The van der Waals surface area contributed by atoms with E-state index in [2.05, 4.69) is 4.98 Å². The number of hydrogen-bond donors (Lipinski definition) is 2. The van der Waals surface area contributed by atoms with E-state index >= 15 is 0 Å². The third-order valence-corrected chi connectivity index (χ3v) is 3.51. The predicted molar refractivity (Wildman–Crippen MR) is 69.5 cm³/mol. The van der Waals surface area contributed by atoms with Crippen LogP contribution < -0.4 is 5.56 Å². The summed E-state index contributed by atoms with van der Waals surface area (Å²) in [6, 6.07) is 4.65. The molecule has 0 saturated carbocycles. The lowest BCUT2D eigenvalue weighted by Gasteiger charge is -2.04. The second-order valence-corrected chi connectivity index (χ2v) is 5.53. The topological polar surface area (TPSA) is 70.2 Å². The average Bonchev–Trinajstić information content (AvgIpc) is 2.19. The normalized spacial score (nSPS) is 12.9. The quantitative estimate of drug-likeness (QED) is 0.836. The monoisotopic (exact) mass is 291 g/mol. The lowest BCUT2D eigenvalue weighted by Crippen LogP contribution is -2.11. The Hall–Kier alpha value is -0.800. The van der Waals surface area contributed by atoms with Gasteiger partial charge in [-0.2, -0.15) is 0 Å². The van der Waals surface area contributed by atoms with Gasteiger partial charge in [0.15, 0.2) is 8.03 Å². The van der Waals surface area contributed by atoms with E-state index in [0.717, 1.165) is 0 Å². The minimum absolute atomic E-state index is 0.158. The summed E-state index contributed by atoms with van der Waals surface area (Å²) in [5.74, 6) is 0. The maximum Gasteiger partial charge on any atom is 0.252 e. The van der Waals surface area contributed by atoms with Gasteiger partial charge in [-0.05, 0) is 18.2 Å². The first-order chi connectivity index (χ1) is 7.97. The van der Waals surface area contributed by atoms with Crippen LogP contribution in [0.3, 0.4) is 0 Å². The molecule has 2 N–H and O–H groups in total. The Morgan fingerprint density at radius 2 is 2.00 bits per heavy atom. The van der Waals surface area contributed by atoms with E-state index in [0.29, 0.717) is 20.9 Å². The number of aromatic amines is 1. The molecule has 4 nitrogen and oxygen atoms in total. The van der Waals surface area contributed by atoms with Crippen LogP contribution >= 0.6 is 31.2 Å². The molecule has 0 aliphatic heterocycles. The van der Waals surface area contributed by atoms with Crippen molar-refractivity contribution in [2.24, 2.45) is 0 Å². The van der Waals surface area contributed by atoms with Crippen molar-refractivity contribution in [1.82, 2.24) is 4.98 Å². The summed E-state index contributed by atoms with van der Waals surface area (Å²) in [6.45, 7) is 0. The highest BCUT2D eigenvalue weighted by atomic mass is 35.5. The van der Waals surface area contributed by atoms with Crippen LogP contribution in [-0.2, 0) is 10.7 Å². The fraction of sp³-hybridized carbons (Fsp3) is 0.100. The third-order valence-electron chi connectivity index (χ3n) is 2.29. The molecule has 1 unspecified atom stereocenters. The van der Waals surface area contributed by atoms with E-state index in [9.17, 15) is 9.36 Å². The Morgan fingerprint density at radius 1 is 1.29 bits per heavy atom. The molecular weight excluding hydrogens is 284 g/mol. The van der Waals surface area contributed by atoms with Gasteiger partial charge in [-0.3, -0.25) is 9.36 Å². The molecule has 1 atom stereocenters. The van der Waals surface area contributed by atoms with Gasteiger partial charge in [-0.1, -0.05) is 23.2 Å². The molecule has 0 saturated heterocycles. The van der Waals surface area contributed by atoms with Crippen LogP contribution in [-0.4, -0.2) is 9.88 Å². The summed E-state index contributed by atoms with van der Waals surface area (Å²) in [7, 11) is -2.74. The zero-order valence-electron chi connectivity index (χ0n) is 8.46. The van der Waals surface area contributed by atoms with Crippen molar-refractivity contribution in [2.45, 2.75) is 6.16 Å². The maximum absolute atomic E-state index is 11.6. The van der Waals surface area contributed by atoms with Crippen molar-refractivity contribution in [2.75, 3.05) is 0 Å². The zero-order valence-corrected chi connectivity index (χ0v) is 11.0. The molecule has 17 heavy (non-hydrogen) atoms. The number of fused-ring (bicyclic) bond motifs is 1. The van der Waals surface area contributed by atoms with E-state index in [-0.39, 0.29) is 11.7 Å². The molecular formula is C10H8Cl2NO3P. The summed E-state index contributed by atoms with van der Waals surface area (Å²) >= 11 is 11.8. The first-order valence-electron chi connectivity index (χ1n) is 4.70. The molecule has 1 heterocycles. The van der Waals surface area contributed by atoms with E-state index in [1.807, 2.05) is 0 Å². The Bertz CT molecular complexity index is 668. The first-order valence-corrected chi connectivity index (χ1v) is 7.02. The smallest absolute Gasteiger partial charge is 0.252 e. The second-order valence-electron chi connectivity index (χ2n) is 3.54. The summed E-state index contributed by atoms with van der Waals surface area (Å²) in [5.41, 5.74) is 0.352. The van der Waals surface area contributed by atoms with Gasteiger partial charge < -0.3 is 9.88 Å². The van der Waals surface area contributed by atoms with Gasteiger partial charge >= 0.3 is 0 Å². The number of nitrogens with one attached hydrogen (secondary N) is 1. The van der Waals surface area contributed by atoms with Crippen LogP contribution in [0.5, 0.6) is 0 Å². The molecule has 7 heteroatoms. The van der Waals surface area contributed by atoms with Crippen molar-refractivity contribution < 1.29 is 9.46 Å². The SMILES string of the molecule is O=c1[nH]c2cc(Cl)cc(Cl)c2cc1C[PH](=O)O. The Morgan fingerprint density at radius 3 is 2.65 bits per heavy atom. The number of H-pyrrole nitrogens is 1. The highest BCUT2D eigenvalue weighted by molar-refractivity contribution is 7.37. The van der Waals surface area contributed by atoms with Gasteiger partial charge in [0.05, 0.1) is 16.7 Å². The van der Waals surface area contributed by atoms with Gasteiger partial charge in [0, 0.05) is 16.0 Å². The van der Waals surface area contributed by atoms with Crippen LogP contribution in [0, 0.1) is 0 Å². The largest absolute Gasteiger partial charge is 0.346 e. The zero-order chi connectivity index (χ0) is 12.6. The molecule has 0 bridgehead atoms. The van der Waals surface area contributed by atoms with Crippen molar-refractivity contribution in [3.8, 4) is 0 Å². The number of pyridine rings is 1. The minimum atomic E-state index is -2.74. The highest BCUT2D eigenvalue weighted by Crippen LogP contribution is 2.28. The number of hydrogen-bond acceptors (Lipinski definition) is 2. The summed E-state index contributed by atoms with van der Waals surface area (Å²) < 4.78 is 10.8. The van der Waals surface area contributed by atoms with Gasteiger partial charge in [-0.15, -0.1) is 0 Å². The van der Waals surface area contributed by atoms with Crippen molar-refractivity contribution in [3.63, 3.8) is 0 Å². The van der Waals surface area contributed by atoms with Crippen molar-refractivity contribution >= 4 is 42.1 Å². The highest BCUT2D eigenvalue weighted by Gasteiger charge is 2.08. The summed E-state index contributed by atoms with van der Waals surface area (Å²) in [4.78, 5) is 23.1. The molecule has 0 amide bonds. The van der Waals surface area contributed by atoms with Crippen molar-refractivity contribution in [3.05, 3.63) is 44.2 Å². The van der Waals surface area contributed by atoms with E-state index in [1.54, 1.807) is 12.1 Å². The molecule has 1 aromatic carbocycles. The Balaban J connectivity index is 2.71. The number of rotatable bonds is 2. The minimum Gasteiger partial charge on any atom is -0.346 e. The second kappa shape index (κ2) is 4.83. The fourth-order valence-electron chi connectivity index (χ4n) is 1.57. The molecule has 0 radical (unpaired) electrons. The summed E-state index contributed by atoms with van der Waals surface area (Å²) in [6.07, 6.45) is -0.158. The molecule has 90 valence electrons. The molecule has 0 aliphatic rings. The standard InChI is InChI=1S/C10H8Cl2NO3P/c11-6-2-8(12)7-1-5(4-17(15)16)10(14)13-9(7)3-6/h1-3,17H,4H2,(H,13,14)(H,15,16). The van der Waals surface area contributed by atoms with Gasteiger partial charge in [0.25, 0.3) is 5.56 Å². The van der Waals surface area contributed by atoms with E-state index < -0.39 is 13.6 Å². The molecule has 0 aliphatic carbocycles. The molecule has 2 aromatic rings. The Kier molecular flexibility index (Phi) is 3.59. The van der Waals surface area contributed by atoms with Crippen molar-refractivity contribution in [1.29, 1.82) is 0 Å². The Labute approximate surface area is 107 Å². The van der Waals surface area contributed by atoms with E-state index in [1.165, 1.54) is 6.07 Å². The van der Waals surface area contributed by atoms with E-state index in [4.69, 9.17) is 28.1 Å². The number of aromatic nitrogens is 1. The van der Waals surface area contributed by atoms with Gasteiger partial charge in [0.2, 0.25) is 0 Å². The summed E-state index contributed by atoms with van der Waals surface area (Å²) in [5, 5.41) is 1.41. The van der Waals surface area contributed by atoms with Crippen LogP contribution in [0.1, 0.15) is 5.56 Å². The average molecular weight is 292 g/mol. The van der Waals surface area contributed by atoms with Crippen LogP contribution in [0.25, 0.3) is 10.9 Å². The van der Waals surface area contributed by atoms with Crippen LogP contribution in [0.15, 0.2) is 23.0 Å². The lowest BCUT2D eigenvalue weighted by atomic mass is 10.2. The van der Waals surface area contributed by atoms with Crippen LogP contribution in [0.4, 0.5) is 0 Å². The lowest BCUT2D eigenvalue weighted by molar-refractivity contribution is 0.502. The first kappa shape index (κ1) is 12.7. The maximum atomic E-state index is 11.6. The van der Waals surface area contributed by atoms with Gasteiger partial charge in [0.1, 0.15) is 0 Å². The molecule has 0 fully saturated rings.